The summed E-state index contributed by atoms with van der Waals surface area (Å²) in [6, 6.07) is 6.20. The maximum atomic E-state index is 13.9. The average molecular weight is 498 g/mol. The van der Waals surface area contributed by atoms with Crippen molar-refractivity contribution in [2.45, 2.75) is 40.2 Å². The fourth-order valence-electron chi connectivity index (χ4n) is 4.89. The molecule has 1 atom stereocenters. The highest BCUT2D eigenvalue weighted by Gasteiger charge is 2.44. The normalized spacial score (nSPS) is 17.2. The van der Waals surface area contributed by atoms with Gasteiger partial charge in [-0.15, -0.1) is 0 Å². The number of carbonyl (C=O) groups excluding carboxylic acids is 3. The van der Waals surface area contributed by atoms with Gasteiger partial charge in [-0.2, -0.15) is 0 Å². The number of amides is 1. The molecule has 0 saturated carbocycles. The quantitative estimate of drug-likeness (QED) is 0.219. The van der Waals surface area contributed by atoms with Crippen LogP contribution in [-0.2, 0) is 14.3 Å². The van der Waals surface area contributed by atoms with Crippen LogP contribution in [-0.4, -0.2) is 67.9 Å². The number of aromatic nitrogens is 1. The molecule has 3 rings (SSSR count). The summed E-state index contributed by atoms with van der Waals surface area (Å²) in [7, 11) is 2.79. The minimum absolute atomic E-state index is 0.120. The van der Waals surface area contributed by atoms with Gasteiger partial charge in [0.1, 0.15) is 11.4 Å². The summed E-state index contributed by atoms with van der Waals surface area (Å²) in [5.74, 6) is -2.14. The van der Waals surface area contributed by atoms with Crippen LogP contribution in [0.3, 0.4) is 0 Å². The third-order valence-electron chi connectivity index (χ3n) is 6.92. The van der Waals surface area contributed by atoms with E-state index in [-0.39, 0.29) is 16.8 Å². The van der Waals surface area contributed by atoms with Crippen LogP contribution < -0.4 is 14.7 Å². The van der Waals surface area contributed by atoms with Crippen molar-refractivity contribution in [3.63, 3.8) is 0 Å². The Morgan fingerprint density at radius 2 is 1.86 bits per heavy atom. The molecule has 2 aromatic rings. The molecule has 9 nitrogen and oxygen atoms in total. The number of hydrogen-bond donors (Lipinski definition) is 2. The largest absolute Gasteiger partial charge is 0.872 e. The van der Waals surface area contributed by atoms with E-state index in [2.05, 4.69) is 18.8 Å². The van der Waals surface area contributed by atoms with Gasteiger partial charge in [0.15, 0.2) is 0 Å². The minimum atomic E-state index is -0.852. The number of nitrogens with zero attached hydrogens (tertiary/aromatic N) is 1. The second-order valence-electron chi connectivity index (χ2n) is 8.93. The number of esters is 1. The molecule has 1 amide bonds. The molecular formula is C27H35N3O6. The molecule has 0 spiro atoms. The second kappa shape index (κ2) is 11.4. The van der Waals surface area contributed by atoms with Crippen LogP contribution in [0, 0.1) is 13.8 Å². The number of Topliss-reactive ketones (excluding diaryl/α,β-unsaturated/α-hetero) is 1. The van der Waals surface area contributed by atoms with Crippen LogP contribution in [0.1, 0.15) is 59.2 Å². The maximum Gasteiger partial charge on any atom is 0.354 e. The molecule has 194 valence electrons. The third kappa shape index (κ3) is 5.02. The van der Waals surface area contributed by atoms with E-state index in [1.165, 1.54) is 24.0 Å². The van der Waals surface area contributed by atoms with Crippen molar-refractivity contribution in [1.29, 1.82) is 0 Å². The van der Waals surface area contributed by atoms with Crippen molar-refractivity contribution in [3.8, 4) is 5.75 Å². The molecule has 2 heterocycles. The van der Waals surface area contributed by atoms with Crippen LogP contribution in [0.15, 0.2) is 29.8 Å². The molecule has 0 bridgehead atoms. The van der Waals surface area contributed by atoms with E-state index >= 15 is 0 Å². The summed E-state index contributed by atoms with van der Waals surface area (Å²) in [5, 5.41) is 13.9. The lowest BCUT2D eigenvalue weighted by atomic mass is 9.94. The lowest BCUT2D eigenvalue weighted by Gasteiger charge is -2.28. The molecule has 1 unspecified atom stereocenters. The number of hydrogen-bond acceptors (Lipinski definition) is 6. The molecule has 1 aromatic heterocycles. The van der Waals surface area contributed by atoms with Crippen LogP contribution in [0.4, 0.5) is 0 Å². The van der Waals surface area contributed by atoms with Gasteiger partial charge in [0.2, 0.25) is 5.78 Å². The molecule has 1 aliphatic heterocycles. The summed E-state index contributed by atoms with van der Waals surface area (Å²) in [6.45, 7) is 10.6. The van der Waals surface area contributed by atoms with Gasteiger partial charge in [-0.1, -0.05) is 17.9 Å². The van der Waals surface area contributed by atoms with Crippen molar-refractivity contribution >= 4 is 23.4 Å². The minimum Gasteiger partial charge on any atom is -0.872 e. The fraction of sp³-hybridized carbons (Fsp3) is 0.444. The molecule has 9 heteroatoms. The monoisotopic (exact) mass is 497 g/mol. The van der Waals surface area contributed by atoms with Gasteiger partial charge in [0.05, 0.1) is 39.9 Å². The second-order valence-corrected chi connectivity index (χ2v) is 8.93. The molecule has 36 heavy (non-hydrogen) atoms. The molecule has 1 aromatic carbocycles. The highest BCUT2D eigenvalue weighted by molar-refractivity contribution is 6.46. The lowest BCUT2D eigenvalue weighted by molar-refractivity contribution is -0.896. The van der Waals surface area contributed by atoms with Crippen molar-refractivity contribution in [2.24, 2.45) is 0 Å². The van der Waals surface area contributed by atoms with Gasteiger partial charge in [-0.3, -0.25) is 9.59 Å². The number of aryl methyl sites for hydroxylation is 1. The predicted octanol–water partition coefficient (Wildman–Crippen LogP) is 0.966. The highest BCUT2D eigenvalue weighted by atomic mass is 16.5. The smallest absolute Gasteiger partial charge is 0.354 e. The average Bonchev–Trinajstić information content (AvgIpc) is 3.32. The summed E-state index contributed by atoms with van der Waals surface area (Å²) in [5.41, 5.74) is 1.65. The van der Waals surface area contributed by atoms with Gasteiger partial charge >= 0.3 is 5.97 Å². The summed E-state index contributed by atoms with van der Waals surface area (Å²) >= 11 is 0. The number of ether oxygens (including phenoxy) is 2. The Morgan fingerprint density at radius 3 is 2.47 bits per heavy atom. The van der Waals surface area contributed by atoms with Crippen LogP contribution in [0.2, 0.25) is 0 Å². The Hall–Kier alpha value is -3.59. The van der Waals surface area contributed by atoms with Gasteiger partial charge in [-0.05, 0) is 56.5 Å². The Bertz CT molecular complexity index is 1180. The zero-order chi connectivity index (χ0) is 26.6. The van der Waals surface area contributed by atoms with E-state index in [4.69, 9.17) is 9.47 Å². The van der Waals surface area contributed by atoms with Crippen molar-refractivity contribution < 1.29 is 33.9 Å². The number of aromatic amines is 1. The first-order chi connectivity index (χ1) is 17.2. The lowest BCUT2D eigenvalue weighted by Crippen LogP contribution is -3.11. The third-order valence-corrected chi connectivity index (χ3v) is 6.92. The molecular weight excluding hydrogens is 462 g/mol. The van der Waals surface area contributed by atoms with Gasteiger partial charge in [0.25, 0.3) is 5.91 Å². The van der Waals surface area contributed by atoms with E-state index < -0.39 is 29.5 Å². The number of carbonyl (C=O) groups is 3. The Morgan fingerprint density at radius 1 is 1.17 bits per heavy atom. The molecule has 0 aliphatic carbocycles. The number of methoxy groups -OCH3 is 2. The van der Waals surface area contributed by atoms with E-state index in [9.17, 15) is 19.5 Å². The summed E-state index contributed by atoms with van der Waals surface area (Å²) in [6.07, 6.45) is 0.687. The van der Waals surface area contributed by atoms with E-state index in [0.717, 1.165) is 19.6 Å². The number of ketones is 1. The molecule has 1 fully saturated rings. The van der Waals surface area contributed by atoms with Crippen LogP contribution in [0.5, 0.6) is 5.75 Å². The number of nitrogens with one attached hydrogen (secondary N) is 2. The predicted molar refractivity (Wildman–Crippen MR) is 133 cm³/mol. The topological polar surface area (TPSA) is 116 Å². The van der Waals surface area contributed by atoms with Gasteiger partial charge < -0.3 is 29.4 Å². The number of benzene rings is 1. The molecule has 1 aliphatic rings. The fourth-order valence-corrected chi connectivity index (χ4v) is 4.89. The van der Waals surface area contributed by atoms with Crippen LogP contribution >= 0.6 is 0 Å². The van der Waals surface area contributed by atoms with Gasteiger partial charge in [-0.25, -0.2) is 4.79 Å². The number of likely N-dealkylation sites (tertiary alicyclic amines) is 1. The van der Waals surface area contributed by atoms with E-state index in [1.807, 2.05) is 0 Å². The maximum absolute atomic E-state index is 13.9. The Labute approximate surface area is 211 Å². The molecule has 1 saturated heterocycles. The van der Waals surface area contributed by atoms with Crippen molar-refractivity contribution in [1.82, 2.24) is 9.88 Å². The van der Waals surface area contributed by atoms with Crippen LogP contribution in [0.25, 0.3) is 5.76 Å². The zero-order valence-corrected chi connectivity index (χ0v) is 21.8. The standard InChI is InChI=1S/C27H35N3O6/c1-7-29(8-2)13-10-14-30-23(18-11-9-12-19(15-18)35-5)21(25(32)26(30)33)24(31)20-16(3)22(27(34)36-6)28-17(20)4/h9,11-12,15,23,28,31H,7-8,10,13-14H2,1-6H3. The summed E-state index contributed by atoms with van der Waals surface area (Å²) in [4.78, 5) is 44.5. The Kier molecular flexibility index (Phi) is 8.57. The van der Waals surface area contributed by atoms with Crippen molar-refractivity contribution in [2.75, 3.05) is 40.4 Å². The first-order valence-corrected chi connectivity index (χ1v) is 12.2. The van der Waals surface area contributed by atoms with Crippen molar-refractivity contribution in [3.05, 3.63) is 57.9 Å². The first kappa shape index (κ1) is 27.0. The van der Waals surface area contributed by atoms with Gasteiger partial charge in [0, 0.05) is 24.2 Å². The highest BCUT2D eigenvalue weighted by Crippen LogP contribution is 2.40. The molecule has 0 radical (unpaired) electrons. The zero-order valence-electron chi connectivity index (χ0n) is 21.8. The Balaban J connectivity index is 2.14. The van der Waals surface area contributed by atoms with E-state index in [0.29, 0.717) is 35.5 Å². The summed E-state index contributed by atoms with van der Waals surface area (Å²) < 4.78 is 10.2. The first-order valence-electron chi connectivity index (χ1n) is 12.2. The van der Waals surface area contributed by atoms with E-state index in [1.54, 1.807) is 38.1 Å². The number of H-pyrrole nitrogens is 1. The number of rotatable bonds is 10. The number of quaternary nitrogens is 1. The molecule has 2 N–H and O–H groups in total. The SMILES string of the molecule is CC[NH+](CC)CCCN1C(=O)C(=O)C(=C([O-])c2c(C)[nH]c(C(=O)OC)c2C)C1c1cccc(OC)c1.